The molecule has 3 nitrogen and oxygen atoms in total. The van der Waals surface area contributed by atoms with Gasteiger partial charge in [-0.1, -0.05) is 56.5 Å². The number of carbonyl (C=O) groups excluding carboxylic acids is 1. The van der Waals surface area contributed by atoms with Crippen LogP contribution in [0.3, 0.4) is 0 Å². The standard InChI is InChI=1S/C20H37BrO3Si/c1-8-9-10-15(22)16(21)17(23)20(24-25(5,6)7)13-14-11-12-19(20,4)18(14,2)3/h14-16,22H,8-13H2,1-7H3/t14-,15+,16?,19-,20+/m1/s1. The van der Waals surface area contributed by atoms with Crippen molar-refractivity contribution in [2.75, 3.05) is 0 Å². The number of Topliss-reactive ketones (excluding diaryl/α,β-unsaturated/α-hetero) is 1. The van der Waals surface area contributed by atoms with Crippen LogP contribution >= 0.6 is 15.9 Å². The first-order valence-electron chi connectivity index (χ1n) is 9.89. The largest absolute Gasteiger partial charge is 0.404 e. The molecular formula is C20H37BrO3Si. The van der Waals surface area contributed by atoms with Gasteiger partial charge in [0.15, 0.2) is 14.1 Å². The van der Waals surface area contributed by atoms with E-state index < -0.39 is 24.8 Å². The highest BCUT2D eigenvalue weighted by molar-refractivity contribution is 9.10. The van der Waals surface area contributed by atoms with E-state index in [1.165, 1.54) is 6.42 Å². The number of ketones is 1. The fourth-order valence-corrected chi connectivity index (χ4v) is 7.39. The van der Waals surface area contributed by atoms with Crippen molar-refractivity contribution in [2.24, 2.45) is 16.7 Å². The van der Waals surface area contributed by atoms with E-state index in [1.807, 2.05) is 0 Å². The van der Waals surface area contributed by atoms with E-state index in [9.17, 15) is 9.90 Å². The molecule has 0 heterocycles. The Morgan fingerprint density at radius 1 is 1.32 bits per heavy atom. The third-order valence-electron chi connectivity index (χ3n) is 7.18. The average molecular weight is 434 g/mol. The van der Waals surface area contributed by atoms with Crippen LogP contribution in [-0.2, 0) is 9.22 Å². The van der Waals surface area contributed by atoms with E-state index in [2.05, 4.69) is 63.3 Å². The molecule has 2 aliphatic carbocycles. The Balaban J connectivity index is 2.40. The second kappa shape index (κ2) is 7.03. The number of aliphatic hydroxyl groups is 1. The molecule has 0 aliphatic heterocycles. The number of aliphatic hydroxyl groups excluding tert-OH is 1. The molecule has 146 valence electrons. The molecule has 0 aromatic heterocycles. The van der Waals surface area contributed by atoms with Gasteiger partial charge >= 0.3 is 0 Å². The normalized spacial score (nSPS) is 36.4. The lowest BCUT2D eigenvalue weighted by Gasteiger charge is -2.51. The van der Waals surface area contributed by atoms with Crippen LogP contribution in [-0.4, -0.2) is 35.7 Å². The van der Waals surface area contributed by atoms with Crippen molar-refractivity contribution < 1.29 is 14.3 Å². The molecule has 1 N–H and O–H groups in total. The minimum atomic E-state index is -1.93. The maximum Gasteiger partial charge on any atom is 0.185 e. The van der Waals surface area contributed by atoms with Crippen molar-refractivity contribution in [2.45, 2.75) is 102 Å². The van der Waals surface area contributed by atoms with Gasteiger partial charge in [-0.05, 0) is 56.7 Å². The number of fused-ring (bicyclic) bond motifs is 2. The molecule has 2 rings (SSSR count). The quantitative estimate of drug-likeness (QED) is 0.417. The third-order valence-corrected chi connectivity index (χ3v) is 9.17. The Morgan fingerprint density at radius 2 is 1.92 bits per heavy atom. The van der Waals surface area contributed by atoms with Gasteiger partial charge in [0.2, 0.25) is 0 Å². The number of unbranched alkanes of at least 4 members (excludes halogenated alkanes) is 1. The van der Waals surface area contributed by atoms with Gasteiger partial charge < -0.3 is 9.53 Å². The smallest absolute Gasteiger partial charge is 0.185 e. The molecule has 0 radical (unpaired) electrons. The molecule has 2 fully saturated rings. The monoisotopic (exact) mass is 432 g/mol. The zero-order chi connectivity index (χ0) is 19.3. The molecule has 0 amide bonds. The summed E-state index contributed by atoms with van der Waals surface area (Å²) in [6.07, 6.45) is 5.00. The van der Waals surface area contributed by atoms with Crippen LogP contribution < -0.4 is 0 Å². The van der Waals surface area contributed by atoms with Gasteiger partial charge in [-0.2, -0.15) is 0 Å². The van der Waals surface area contributed by atoms with Crippen LogP contribution in [0.2, 0.25) is 19.6 Å². The molecule has 0 saturated heterocycles. The number of carbonyl (C=O) groups is 1. The first kappa shape index (κ1) is 21.6. The molecule has 0 spiro atoms. The minimum absolute atomic E-state index is 0.0799. The van der Waals surface area contributed by atoms with E-state index in [1.54, 1.807) is 0 Å². The lowest BCUT2D eigenvalue weighted by Crippen LogP contribution is -2.61. The Labute approximate surface area is 163 Å². The summed E-state index contributed by atoms with van der Waals surface area (Å²) in [5.41, 5.74) is -0.840. The summed E-state index contributed by atoms with van der Waals surface area (Å²) in [6, 6.07) is 0. The Hall–Kier alpha value is 0.287. The lowest BCUT2D eigenvalue weighted by atomic mass is 9.62. The lowest BCUT2D eigenvalue weighted by molar-refractivity contribution is -0.152. The number of alkyl halides is 1. The Bertz CT molecular complexity index is 516. The molecular weight excluding hydrogens is 396 g/mol. The predicted molar refractivity (Wildman–Crippen MR) is 110 cm³/mol. The van der Waals surface area contributed by atoms with Gasteiger partial charge in [-0.25, -0.2) is 0 Å². The molecule has 0 aromatic rings. The third kappa shape index (κ3) is 3.43. The zero-order valence-electron chi connectivity index (χ0n) is 17.1. The Kier molecular flexibility index (Phi) is 6.07. The van der Waals surface area contributed by atoms with Crippen molar-refractivity contribution in [3.8, 4) is 0 Å². The minimum Gasteiger partial charge on any atom is -0.404 e. The highest BCUT2D eigenvalue weighted by Crippen LogP contribution is 2.71. The molecule has 25 heavy (non-hydrogen) atoms. The average Bonchev–Trinajstić information content (AvgIpc) is 2.81. The number of rotatable bonds is 8. The van der Waals surface area contributed by atoms with Crippen LogP contribution in [0.25, 0.3) is 0 Å². The van der Waals surface area contributed by atoms with Crippen LogP contribution in [0.4, 0.5) is 0 Å². The first-order valence-corrected chi connectivity index (χ1v) is 14.2. The molecule has 5 atom stereocenters. The highest BCUT2D eigenvalue weighted by atomic mass is 79.9. The van der Waals surface area contributed by atoms with E-state index in [-0.39, 0.29) is 16.6 Å². The molecule has 2 saturated carbocycles. The summed E-state index contributed by atoms with van der Waals surface area (Å²) >= 11 is 3.56. The van der Waals surface area contributed by atoms with Gasteiger partial charge in [0, 0.05) is 5.41 Å². The topological polar surface area (TPSA) is 46.5 Å². The van der Waals surface area contributed by atoms with Gasteiger partial charge in [0.1, 0.15) is 10.4 Å². The number of hydrogen-bond acceptors (Lipinski definition) is 3. The predicted octanol–water partition coefficient (Wildman–Crippen LogP) is 5.31. The maximum atomic E-state index is 13.7. The maximum absolute atomic E-state index is 13.7. The van der Waals surface area contributed by atoms with Crippen molar-refractivity contribution in [3.63, 3.8) is 0 Å². The highest BCUT2D eigenvalue weighted by Gasteiger charge is 2.73. The summed E-state index contributed by atoms with van der Waals surface area (Å²) < 4.78 is 6.74. The first-order chi connectivity index (χ1) is 11.3. The van der Waals surface area contributed by atoms with Crippen molar-refractivity contribution in [1.29, 1.82) is 0 Å². The SMILES string of the molecule is CCCC[C@H](O)C(Br)C(=O)[C@@]1(O[Si](C)(C)C)C[C@H]2CC[C@]1(C)C2(C)C. The van der Waals surface area contributed by atoms with Crippen LogP contribution in [0, 0.1) is 16.7 Å². The van der Waals surface area contributed by atoms with Crippen LogP contribution in [0.15, 0.2) is 0 Å². The van der Waals surface area contributed by atoms with E-state index in [0.717, 1.165) is 25.7 Å². The van der Waals surface area contributed by atoms with Crippen LogP contribution in [0.1, 0.15) is 66.2 Å². The molecule has 0 aromatic carbocycles. The van der Waals surface area contributed by atoms with Gasteiger partial charge in [-0.15, -0.1) is 0 Å². The van der Waals surface area contributed by atoms with Gasteiger partial charge in [0.25, 0.3) is 0 Å². The second-order valence-corrected chi connectivity index (χ2v) is 15.4. The molecule has 1 unspecified atom stereocenters. The molecule has 2 aliphatic rings. The summed E-state index contributed by atoms with van der Waals surface area (Å²) in [4.78, 5) is 13.2. The molecule has 5 heteroatoms. The van der Waals surface area contributed by atoms with E-state index in [4.69, 9.17) is 4.43 Å². The van der Waals surface area contributed by atoms with Gasteiger partial charge in [-0.3, -0.25) is 4.79 Å². The van der Waals surface area contributed by atoms with Crippen molar-refractivity contribution >= 4 is 30.0 Å². The van der Waals surface area contributed by atoms with Gasteiger partial charge in [0.05, 0.1) is 6.10 Å². The zero-order valence-corrected chi connectivity index (χ0v) is 19.7. The number of halogens is 1. The van der Waals surface area contributed by atoms with E-state index in [0.29, 0.717) is 12.3 Å². The molecule has 2 bridgehead atoms. The fourth-order valence-electron chi connectivity index (χ4n) is 5.31. The number of hydrogen-bond donors (Lipinski definition) is 1. The van der Waals surface area contributed by atoms with E-state index >= 15 is 0 Å². The summed E-state index contributed by atoms with van der Waals surface area (Å²) in [7, 11) is -1.93. The van der Waals surface area contributed by atoms with Crippen molar-refractivity contribution in [3.05, 3.63) is 0 Å². The van der Waals surface area contributed by atoms with Crippen LogP contribution in [0.5, 0.6) is 0 Å². The Morgan fingerprint density at radius 3 is 2.32 bits per heavy atom. The summed E-state index contributed by atoms with van der Waals surface area (Å²) in [5, 5.41) is 10.6. The van der Waals surface area contributed by atoms with Crippen molar-refractivity contribution in [1.82, 2.24) is 0 Å². The summed E-state index contributed by atoms with van der Waals surface area (Å²) in [6.45, 7) is 15.5. The fraction of sp³-hybridized carbons (Fsp3) is 0.950. The second-order valence-electron chi connectivity index (χ2n) is 10.0. The summed E-state index contributed by atoms with van der Waals surface area (Å²) in [5.74, 6) is 0.599.